The average Bonchev–Trinajstić information content (AvgIpc) is 4.39. The summed E-state index contributed by atoms with van der Waals surface area (Å²) in [5.41, 5.74) is 3.04. The molecule has 0 radical (unpaired) electrons. The van der Waals surface area contributed by atoms with Gasteiger partial charge in [-0.25, -0.2) is 9.49 Å². The molecule has 1 spiro atoms. The summed E-state index contributed by atoms with van der Waals surface area (Å²) >= 11 is 0. The molecule has 2 unspecified atom stereocenters. The third kappa shape index (κ3) is 11.0. The second kappa shape index (κ2) is 21.7. The summed E-state index contributed by atoms with van der Waals surface area (Å²) in [4.78, 5) is 93.4. The van der Waals surface area contributed by atoms with Gasteiger partial charge in [0.25, 0.3) is 17.4 Å². The number of hydrogen-bond acceptors (Lipinski definition) is 9. The Morgan fingerprint density at radius 2 is 1.45 bits per heavy atom. The zero-order valence-corrected chi connectivity index (χ0v) is 42.8. The molecule has 4 aliphatic heterocycles. The highest BCUT2D eigenvalue weighted by Crippen LogP contribution is 2.71. The van der Waals surface area contributed by atoms with Gasteiger partial charge in [0.05, 0.1) is 23.2 Å². The number of fused-ring (bicyclic) bond motifs is 1. The number of benzene rings is 3. The quantitative estimate of drug-likeness (QED) is 0.172. The van der Waals surface area contributed by atoms with Crippen molar-refractivity contribution in [3.8, 4) is 0 Å². The van der Waals surface area contributed by atoms with Crippen molar-refractivity contribution in [2.45, 2.75) is 95.4 Å². The Balaban J connectivity index is 0.615. The molecule has 3 aromatic carbocycles. The third-order valence-corrected chi connectivity index (χ3v) is 18.0. The SMILES string of the molecule is O=C(N[C@@H](C(=O)N1CCN(CC2CCN(CC(=O)N3CCN(C(=O)c4cc(Cc5n[nH]c(=O)c6ccccc56)ccc4F)CC3)CC2)CC1)C1CCCCC1)c1cccc(C2CCCN(C(=O)C3CC34CC4)C2)c1. The van der Waals surface area contributed by atoms with Crippen LogP contribution in [0.1, 0.15) is 121 Å². The van der Waals surface area contributed by atoms with Crippen molar-refractivity contribution < 1.29 is 28.4 Å². The minimum atomic E-state index is -0.603. The van der Waals surface area contributed by atoms with Crippen molar-refractivity contribution in [2.24, 2.45) is 23.2 Å². The Hall–Kier alpha value is -6.00. The van der Waals surface area contributed by atoms with Gasteiger partial charge in [0.15, 0.2) is 0 Å². The zero-order chi connectivity index (χ0) is 50.9. The number of carbonyl (C=O) groups is 5. The number of carbonyl (C=O) groups excluding carboxylic acids is 5. The lowest BCUT2D eigenvalue weighted by Crippen LogP contribution is -2.57. The fourth-order valence-corrected chi connectivity index (χ4v) is 13.1. The highest BCUT2D eigenvalue weighted by molar-refractivity contribution is 5.98. The predicted molar refractivity (Wildman–Crippen MR) is 279 cm³/mol. The van der Waals surface area contributed by atoms with Gasteiger partial charge in [0.1, 0.15) is 11.9 Å². The summed E-state index contributed by atoms with van der Waals surface area (Å²) in [5.74, 6) is 0.249. The van der Waals surface area contributed by atoms with Crippen molar-refractivity contribution in [2.75, 3.05) is 91.6 Å². The Bertz CT molecular complexity index is 2800. The molecule has 16 heteroatoms. The first-order chi connectivity index (χ1) is 36.0. The molecule has 2 N–H and O–H groups in total. The first kappa shape index (κ1) is 50.2. The molecule has 7 aliphatic rings. The molecule has 3 atom stereocenters. The molecular formula is C58H72FN9O6. The minimum Gasteiger partial charge on any atom is -0.342 e. The minimum absolute atomic E-state index is 0.0200. The van der Waals surface area contributed by atoms with E-state index >= 15 is 4.39 Å². The maximum Gasteiger partial charge on any atom is 0.272 e. The van der Waals surface area contributed by atoms with Gasteiger partial charge in [-0.1, -0.05) is 55.7 Å². The summed E-state index contributed by atoms with van der Waals surface area (Å²) < 4.78 is 15.1. The van der Waals surface area contributed by atoms with E-state index in [0.717, 1.165) is 109 Å². The molecule has 1 aromatic heterocycles. The lowest BCUT2D eigenvalue weighted by molar-refractivity contribution is -0.137. The van der Waals surface area contributed by atoms with E-state index in [0.29, 0.717) is 104 Å². The van der Waals surface area contributed by atoms with Gasteiger partial charge in [0, 0.05) is 101 Å². The largest absolute Gasteiger partial charge is 0.342 e. The number of aromatic amines is 1. The summed E-state index contributed by atoms with van der Waals surface area (Å²) in [7, 11) is 0. The average molecular weight is 1010 g/mol. The fraction of sp³-hybridized carbons (Fsp3) is 0.569. The number of piperidine rings is 2. The van der Waals surface area contributed by atoms with Gasteiger partial charge in [-0.2, -0.15) is 5.10 Å². The monoisotopic (exact) mass is 1010 g/mol. The van der Waals surface area contributed by atoms with E-state index in [-0.39, 0.29) is 46.6 Å². The van der Waals surface area contributed by atoms with Gasteiger partial charge in [0.2, 0.25) is 17.7 Å². The van der Waals surface area contributed by atoms with E-state index in [2.05, 4.69) is 36.3 Å². The van der Waals surface area contributed by atoms with Crippen LogP contribution in [-0.4, -0.2) is 167 Å². The van der Waals surface area contributed by atoms with Gasteiger partial charge < -0.3 is 24.9 Å². The van der Waals surface area contributed by atoms with Crippen LogP contribution < -0.4 is 10.9 Å². The molecule has 4 aromatic rings. The molecule has 3 saturated carbocycles. The second-order valence-electron chi connectivity index (χ2n) is 22.8. The maximum atomic E-state index is 15.1. The lowest BCUT2D eigenvalue weighted by Gasteiger charge is -2.41. The van der Waals surface area contributed by atoms with Crippen LogP contribution in [0.15, 0.2) is 71.5 Å². The topological polar surface area (TPSA) is 163 Å². The van der Waals surface area contributed by atoms with E-state index < -0.39 is 17.8 Å². The van der Waals surface area contributed by atoms with Crippen LogP contribution >= 0.6 is 0 Å². The van der Waals surface area contributed by atoms with Gasteiger partial charge in [-0.3, -0.25) is 38.6 Å². The van der Waals surface area contributed by atoms with Crippen LogP contribution in [0.3, 0.4) is 0 Å². The number of halogens is 1. The van der Waals surface area contributed by atoms with Crippen LogP contribution in [0.5, 0.6) is 0 Å². The number of nitrogens with zero attached hydrogens (tertiary/aromatic N) is 7. The normalized spacial score (nSPS) is 23.2. The number of H-pyrrole nitrogens is 1. The number of hydrogen-bond donors (Lipinski definition) is 2. The van der Waals surface area contributed by atoms with E-state index in [1.54, 1.807) is 29.2 Å². The number of piperazine rings is 2. The zero-order valence-electron chi connectivity index (χ0n) is 42.8. The molecular weight excluding hydrogens is 938 g/mol. The molecule has 11 rings (SSSR count). The van der Waals surface area contributed by atoms with E-state index in [9.17, 15) is 28.8 Å². The number of nitrogens with one attached hydrogen (secondary N) is 2. The van der Waals surface area contributed by atoms with Crippen LogP contribution in [0.25, 0.3) is 10.8 Å². The summed E-state index contributed by atoms with van der Waals surface area (Å²) in [5, 5.41) is 11.3. The first-order valence-electron chi connectivity index (χ1n) is 27.7. The number of likely N-dealkylation sites (tertiary alicyclic amines) is 2. The fourth-order valence-electron chi connectivity index (χ4n) is 13.1. The molecule has 4 saturated heterocycles. The molecule has 3 aliphatic carbocycles. The highest BCUT2D eigenvalue weighted by atomic mass is 19.1. The Morgan fingerprint density at radius 3 is 2.19 bits per heavy atom. The van der Waals surface area contributed by atoms with Crippen molar-refractivity contribution >= 4 is 40.3 Å². The van der Waals surface area contributed by atoms with E-state index in [4.69, 9.17) is 0 Å². The highest BCUT2D eigenvalue weighted by Gasteiger charge is 2.66. The van der Waals surface area contributed by atoms with Crippen molar-refractivity contribution in [1.29, 1.82) is 0 Å². The van der Waals surface area contributed by atoms with Crippen molar-refractivity contribution in [3.63, 3.8) is 0 Å². The smallest absolute Gasteiger partial charge is 0.272 e. The number of aromatic nitrogens is 2. The molecule has 5 amide bonds. The van der Waals surface area contributed by atoms with Crippen LogP contribution in [0, 0.1) is 29.0 Å². The van der Waals surface area contributed by atoms with Crippen LogP contribution in [-0.2, 0) is 20.8 Å². The molecule has 0 bridgehead atoms. The molecule has 15 nitrogen and oxygen atoms in total. The predicted octanol–water partition coefficient (Wildman–Crippen LogP) is 5.68. The van der Waals surface area contributed by atoms with Gasteiger partial charge in [-0.05, 0) is 130 Å². The maximum absolute atomic E-state index is 15.1. The molecule has 5 heterocycles. The molecule has 392 valence electrons. The third-order valence-electron chi connectivity index (χ3n) is 18.0. The van der Waals surface area contributed by atoms with E-state index in [1.807, 2.05) is 40.1 Å². The first-order valence-corrected chi connectivity index (χ1v) is 27.7. The van der Waals surface area contributed by atoms with Crippen molar-refractivity contribution in [1.82, 2.24) is 44.9 Å². The Kier molecular flexibility index (Phi) is 14.7. The van der Waals surface area contributed by atoms with Crippen molar-refractivity contribution in [3.05, 3.63) is 111 Å². The van der Waals surface area contributed by atoms with Gasteiger partial charge >= 0.3 is 0 Å². The molecule has 74 heavy (non-hydrogen) atoms. The number of rotatable bonds is 13. The standard InChI is InChI=1S/C58H72FN9O6/c59-49-16-15-40(33-50-45-13-4-5-14-46(45)54(71)62-61-50)32-47(49)55(72)66-30-28-65(29-31-66)51(69)38-63-22-17-39(18-23-63)36-64-24-26-67(27-25-64)57(74)52(41-8-2-1-3-9-41)60-53(70)43-11-6-10-42(34-43)44-12-7-21-68(37-44)56(73)48-35-58(48)19-20-58/h4-6,10-11,13-16,32,34,39,41,44,48,52H,1-3,7-9,12,17-31,33,35-38H2,(H,60,70)(H,62,71)/t44?,48?,52-/m1/s1. The summed E-state index contributed by atoms with van der Waals surface area (Å²) in [6.45, 7) is 8.74. The van der Waals surface area contributed by atoms with Crippen LogP contribution in [0.4, 0.5) is 4.39 Å². The summed E-state index contributed by atoms with van der Waals surface area (Å²) in [6, 6.07) is 19.0. The van der Waals surface area contributed by atoms with Gasteiger partial charge in [-0.15, -0.1) is 0 Å². The number of amides is 5. The second-order valence-corrected chi connectivity index (χ2v) is 22.8. The van der Waals surface area contributed by atoms with E-state index in [1.165, 1.54) is 18.9 Å². The Labute approximate surface area is 433 Å². The summed E-state index contributed by atoms with van der Waals surface area (Å²) in [6.07, 6.45) is 12.9. The molecule has 7 fully saturated rings. The van der Waals surface area contributed by atoms with Crippen LogP contribution in [0.2, 0.25) is 0 Å². The lowest BCUT2D eigenvalue weighted by atomic mass is 9.83. The Morgan fingerprint density at radius 1 is 0.716 bits per heavy atom.